The van der Waals surface area contributed by atoms with E-state index in [1.807, 2.05) is 47.5 Å². The molecule has 1 aliphatic rings. The van der Waals surface area contributed by atoms with Gasteiger partial charge in [0.25, 0.3) is 5.91 Å². The van der Waals surface area contributed by atoms with Gasteiger partial charge in [0.1, 0.15) is 5.82 Å². The van der Waals surface area contributed by atoms with Gasteiger partial charge in [-0.2, -0.15) is 5.10 Å². The molecule has 4 aromatic rings. The first-order valence-corrected chi connectivity index (χ1v) is 11.3. The number of nitrogens with one attached hydrogen (secondary N) is 2. The Hall–Kier alpha value is -3.23. The Balaban J connectivity index is 1.37. The van der Waals surface area contributed by atoms with E-state index in [1.54, 1.807) is 0 Å². The number of morpholine rings is 1. The van der Waals surface area contributed by atoms with E-state index in [0.29, 0.717) is 37.5 Å². The Morgan fingerprint density at radius 1 is 1.09 bits per heavy atom. The number of pyridine rings is 1. The molecule has 2 aromatic carbocycles. The van der Waals surface area contributed by atoms with Crippen molar-refractivity contribution in [2.75, 3.05) is 31.6 Å². The first-order chi connectivity index (χ1) is 15.7. The summed E-state index contributed by atoms with van der Waals surface area (Å²) in [6.45, 7) is 2.40. The van der Waals surface area contributed by atoms with E-state index in [2.05, 4.69) is 54.6 Å². The number of H-pyrrole nitrogens is 1. The highest BCUT2D eigenvalue weighted by atomic mass is 79.9. The van der Waals surface area contributed by atoms with Gasteiger partial charge in [0, 0.05) is 35.0 Å². The van der Waals surface area contributed by atoms with E-state index in [1.165, 1.54) is 5.56 Å². The molecule has 162 valence electrons. The summed E-state index contributed by atoms with van der Waals surface area (Å²) in [6, 6.07) is 17.9. The van der Waals surface area contributed by atoms with Gasteiger partial charge in [-0.25, -0.2) is 4.98 Å². The number of rotatable bonds is 5. The van der Waals surface area contributed by atoms with Gasteiger partial charge in [0.2, 0.25) is 0 Å². The highest BCUT2D eigenvalue weighted by Crippen LogP contribution is 2.25. The molecule has 0 unspecified atom stereocenters. The molecular weight excluding hydrogens is 470 g/mol. The Labute approximate surface area is 193 Å². The Bertz CT molecular complexity index is 1270. The average molecular weight is 492 g/mol. The Kier molecular flexibility index (Phi) is 5.87. The maximum atomic E-state index is 12.8. The molecule has 0 atom stereocenters. The molecular formula is C24H22BrN5O2. The van der Waals surface area contributed by atoms with Crippen LogP contribution in [-0.2, 0) is 11.2 Å². The fraction of sp³-hybridized carbons (Fsp3) is 0.208. The van der Waals surface area contributed by atoms with Crippen molar-refractivity contribution in [3.8, 4) is 0 Å². The first-order valence-electron chi connectivity index (χ1n) is 10.5. The molecule has 7 nitrogen and oxygen atoms in total. The SMILES string of the molecule is O=C(c1cccc(Nc2[nH]nc3ncc(Cc4cccc(Br)c4)cc23)c1)N1CCOCC1. The number of hydrogen-bond acceptors (Lipinski definition) is 5. The number of halogens is 1. The number of benzene rings is 2. The number of amides is 1. The second-order valence-electron chi connectivity index (χ2n) is 7.73. The summed E-state index contributed by atoms with van der Waals surface area (Å²) >= 11 is 3.53. The summed E-state index contributed by atoms with van der Waals surface area (Å²) in [5, 5.41) is 11.6. The van der Waals surface area contributed by atoms with Crippen LogP contribution in [0, 0.1) is 0 Å². The van der Waals surface area contributed by atoms with Gasteiger partial charge in [-0.05, 0) is 53.9 Å². The standard InChI is InChI=1S/C24H22BrN5O2/c25-19-5-1-3-16(12-19)11-17-13-21-22(26-15-17)28-29-23(21)27-20-6-2-4-18(14-20)24(31)30-7-9-32-10-8-30/h1-6,12-15H,7-11H2,(H2,26,27,28,29). The summed E-state index contributed by atoms with van der Waals surface area (Å²) < 4.78 is 6.40. The van der Waals surface area contributed by atoms with Crippen molar-refractivity contribution in [1.82, 2.24) is 20.1 Å². The van der Waals surface area contributed by atoms with Gasteiger partial charge < -0.3 is 15.0 Å². The molecule has 0 spiro atoms. The van der Waals surface area contributed by atoms with Crippen molar-refractivity contribution in [2.24, 2.45) is 0 Å². The zero-order valence-electron chi connectivity index (χ0n) is 17.3. The van der Waals surface area contributed by atoms with E-state index in [4.69, 9.17) is 4.74 Å². The zero-order valence-corrected chi connectivity index (χ0v) is 18.9. The van der Waals surface area contributed by atoms with Gasteiger partial charge in [0.15, 0.2) is 5.65 Å². The van der Waals surface area contributed by atoms with Gasteiger partial charge >= 0.3 is 0 Å². The van der Waals surface area contributed by atoms with Crippen LogP contribution in [0.3, 0.4) is 0 Å². The topological polar surface area (TPSA) is 83.1 Å². The summed E-state index contributed by atoms with van der Waals surface area (Å²) in [5.41, 5.74) is 4.40. The second kappa shape index (κ2) is 9.10. The third kappa shape index (κ3) is 4.51. The lowest BCUT2D eigenvalue weighted by Gasteiger charge is -2.27. The van der Waals surface area contributed by atoms with Crippen LogP contribution < -0.4 is 5.32 Å². The molecule has 2 N–H and O–H groups in total. The molecule has 3 heterocycles. The summed E-state index contributed by atoms with van der Waals surface area (Å²) in [5.74, 6) is 0.768. The molecule has 8 heteroatoms. The third-order valence-corrected chi connectivity index (χ3v) is 5.93. The number of hydrogen-bond donors (Lipinski definition) is 2. The van der Waals surface area contributed by atoms with E-state index in [-0.39, 0.29) is 5.91 Å². The molecule has 5 rings (SSSR count). The largest absolute Gasteiger partial charge is 0.378 e. The maximum absolute atomic E-state index is 12.8. The predicted octanol–water partition coefficient (Wildman–Crippen LogP) is 4.53. The molecule has 0 bridgehead atoms. The van der Waals surface area contributed by atoms with Crippen molar-refractivity contribution in [3.05, 3.63) is 82.0 Å². The fourth-order valence-electron chi connectivity index (χ4n) is 3.84. The van der Waals surface area contributed by atoms with Crippen LogP contribution >= 0.6 is 15.9 Å². The van der Waals surface area contributed by atoms with Crippen LogP contribution in [0.2, 0.25) is 0 Å². The molecule has 2 aromatic heterocycles. The number of ether oxygens (including phenoxy) is 1. The monoisotopic (exact) mass is 491 g/mol. The molecule has 1 fully saturated rings. The number of carbonyl (C=O) groups excluding carboxylic acids is 1. The summed E-state index contributed by atoms with van der Waals surface area (Å²) in [4.78, 5) is 19.1. The highest BCUT2D eigenvalue weighted by molar-refractivity contribution is 9.10. The predicted molar refractivity (Wildman–Crippen MR) is 127 cm³/mol. The normalized spacial score (nSPS) is 14.0. The molecule has 32 heavy (non-hydrogen) atoms. The van der Waals surface area contributed by atoms with E-state index < -0.39 is 0 Å². The average Bonchev–Trinajstić information content (AvgIpc) is 3.21. The van der Waals surface area contributed by atoms with Gasteiger partial charge in [-0.1, -0.05) is 34.1 Å². The quantitative estimate of drug-likeness (QED) is 0.428. The molecule has 1 saturated heterocycles. The van der Waals surface area contributed by atoms with Crippen molar-refractivity contribution >= 4 is 44.4 Å². The minimum absolute atomic E-state index is 0.0180. The molecule has 0 radical (unpaired) electrons. The van der Waals surface area contributed by atoms with Crippen molar-refractivity contribution < 1.29 is 9.53 Å². The number of anilines is 2. The third-order valence-electron chi connectivity index (χ3n) is 5.44. The lowest BCUT2D eigenvalue weighted by molar-refractivity contribution is 0.0303. The first kappa shape index (κ1) is 20.7. The molecule has 0 saturated carbocycles. The van der Waals surface area contributed by atoms with Crippen LogP contribution in [0.5, 0.6) is 0 Å². The van der Waals surface area contributed by atoms with Crippen LogP contribution in [0.4, 0.5) is 11.5 Å². The lowest BCUT2D eigenvalue weighted by Crippen LogP contribution is -2.40. The second-order valence-corrected chi connectivity index (χ2v) is 8.65. The van der Waals surface area contributed by atoms with E-state index in [9.17, 15) is 4.79 Å². The number of nitrogens with zero attached hydrogens (tertiary/aromatic N) is 3. The van der Waals surface area contributed by atoms with Gasteiger partial charge in [-0.3, -0.25) is 9.89 Å². The van der Waals surface area contributed by atoms with Gasteiger partial charge in [-0.15, -0.1) is 0 Å². The van der Waals surface area contributed by atoms with Crippen LogP contribution in [0.25, 0.3) is 11.0 Å². The maximum Gasteiger partial charge on any atom is 0.254 e. The summed E-state index contributed by atoms with van der Waals surface area (Å²) in [7, 11) is 0. The van der Waals surface area contributed by atoms with Gasteiger partial charge in [0.05, 0.1) is 18.6 Å². The van der Waals surface area contributed by atoms with E-state index >= 15 is 0 Å². The van der Waals surface area contributed by atoms with Crippen LogP contribution in [0.1, 0.15) is 21.5 Å². The van der Waals surface area contributed by atoms with Crippen LogP contribution in [-0.4, -0.2) is 52.3 Å². The molecule has 1 aliphatic heterocycles. The Morgan fingerprint density at radius 3 is 2.78 bits per heavy atom. The minimum atomic E-state index is 0.0180. The number of carbonyl (C=O) groups is 1. The minimum Gasteiger partial charge on any atom is -0.378 e. The van der Waals surface area contributed by atoms with Crippen molar-refractivity contribution in [3.63, 3.8) is 0 Å². The van der Waals surface area contributed by atoms with Crippen molar-refractivity contribution in [1.29, 1.82) is 0 Å². The van der Waals surface area contributed by atoms with Crippen LogP contribution in [0.15, 0.2) is 65.3 Å². The zero-order chi connectivity index (χ0) is 21.9. The smallest absolute Gasteiger partial charge is 0.254 e. The number of aromatic nitrogens is 3. The molecule has 1 amide bonds. The number of fused-ring (bicyclic) bond motifs is 1. The highest BCUT2D eigenvalue weighted by Gasteiger charge is 2.19. The number of aromatic amines is 1. The lowest BCUT2D eigenvalue weighted by atomic mass is 10.1. The fourth-order valence-corrected chi connectivity index (χ4v) is 4.29. The Morgan fingerprint density at radius 2 is 1.94 bits per heavy atom. The molecule has 0 aliphatic carbocycles. The van der Waals surface area contributed by atoms with E-state index in [0.717, 1.165) is 33.3 Å². The van der Waals surface area contributed by atoms with Crippen molar-refractivity contribution in [2.45, 2.75) is 6.42 Å². The summed E-state index contributed by atoms with van der Waals surface area (Å²) in [6.07, 6.45) is 2.63.